The van der Waals surface area contributed by atoms with Crippen LogP contribution < -0.4 is 5.32 Å². The van der Waals surface area contributed by atoms with Gasteiger partial charge in [0, 0.05) is 50.7 Å². The van der Waals surface area contributed by atoms with Crippen molar-refractivity contribution < 1.29 is 4.21 Å². The van der Waals surface area contributed by atoms with Crippen molar-refractivity contribution >= 4 is 33.5 Å². The van der Waals surface area contributed by atoms with E-state index in [1.807, 2.05) is 6.92 Å². The van der Waals surface area contributed by atoms with Gasteiger partial charge in [-0.3, -0.25) is 4.21 Å². The van der Waals surface area contributed by atoms with E-state index in [2.05, 4.69) is 34.3 Å². The van der Waals surface area contributed by atoms with Crippen molar-refractivity contribution in [3.05, 3.63) is 33.8 Å². The molecule has 0 saturated heterocycles. The molecule has 0 aliphatic rings. The lowest BCUT2D eigenvalue weighted by atomic mass is 10.2. The number of hydrogen-bond donors (Lipinski definition) is 1. The molecule has 0 fully saturated rings. The van der Waals surface area contributed by atoms with Crippen LogP contribution >= 0.6 is 22.7 Å². The fourth-order valence-corrected chi connectivity index (χ4v) is 3.89. The number of rotatable bonds is 7. The van der Waals surface area contributed by atoms with Crippen LogP contribution in [-0.4, -0.2) is 22.3 Å². The lowest BCUT2D eigenvalue weighted by Gasteiger charge is -2.01. The van der Waals surface area contributed by atoms with Crippen LogP contribution in [0.15, 0.2) is 29.0 Å². The van der Waals surface area contributed by atoms with Gasteiger partial charge in [0.2, 0.25) is 0 Å². The van der Waals surface area contributed by atoms with E-state index in [-0.39, 0.29) is 0 Å². The van der Waals surface area contributed by atoms with E-state index in [0.717, 1.165) is 24.6 Å². The van der Waals surface area contributed by atoms with Crippen molar-refractivity contribution in [3.63, 3.8) is 0 Å². The van der Waals surface area contributed by atoms with Crippen molar-refractivity contribution in [2.75, 3.05) is 18.1 Å². The van der Waals surface area contributed by atoms with E-state index in [9.17, 15) is 4.21 Å². The zero-order valence-electron chi connectivity index (χ0n) is 10.3. The van der Waals surface area contributed by atoms with Crippen LogP contribution in [0.1, 0.15) is 11.8 Å². The highest BCUT2D eigenvalue weighted by atomic mass is 32.2. The third-order valence-corrected chi connectivity index (χ3v) is 5.75. The molecular weight excluding hydrogens is 282 g/mol. The molecular formula is C13H17NOS3. The summed E-state index contributed by atoms with van der Waals surface area (Å²) in [5.41, 5.74) is 1.31. The molecule has 1 atom stereocenters. The molecule has 0 aromatic carbocycles. The first-order valence-corrected chi connectivity index (χ1v) is 9.21. The molecule has 2 rings (SSSR count). The van der Waals surface area contributed by atoms with Crippen LogP contribution in [0.5, 0.6) is 0 Å². The first-order valence-electron chi connectivity index (χ1n) is 5.96. The van der Waals surface area contributed by atoms with Gasteiger partial charge < -0.3 is 5.32 Å². The van der Waals surface area contributed by atoms with Crippen molar-refractivity contribution in [3.8, 4) is 10.4 Å². The molecule has 0 spiro atoms. The molecule has 1 unspecified atom stereocenters. The predicted octanol–water partition coefficient (Wildman–Crippen LogP) is 3.33. The number of hydrogen-bond acceptors (Lipinski definition) is 4. The van der Waals surface area contributed by atoms with Gasteiger partial charge in [-0.15, -0.1) is 22.7 Å². The Balaban J connectivity index is 1.79. The summed E-state index contributed by atoms with van der Waals surface area (Å²) in [4.78, 5) is 2.66. The van der Waals surface area contributed by atoms with Gasteiger partial charge >= 0.3 is 0 Å². The maximum Gasteiger partial charge on any atom is 0.0360 e. The highest BCUT2D eigenvalue weighted by Crippen LogP contribution is 2.29. The van der Waals surface area contributed by atoms with E-state index in [1.165, 1.54) is 15.3 Å². The summed E-state index contributed by atoms with van der Waals surface area (Å²) in [6.45, 7) is 3.66. The second-order valence-corrected chi connectivity index (χ2v) is 7.70. The number of thiophene rings is 2. The molecule has 0 bridgehead atoms. The van der Waals surface area contributed by atoms with E-state index >= 15 is 0 Å². The summed E-state index contributed by atoms with van der Waals surface area (Å²) in [7, 11) is -0.661. The second-order valence-electron chi connectivity index (χ2n) is 3.89. The fraction of sp³-hybridized carbons (Fsp3) is 0.385. The van der Waals surface area contributed by atoms with Crippen molar-refractivity contribution in [2.45, 2.75) is 13.5 Å². The molecule has 2 nitrogen and oxygen atoms in total. The Bertz CT molecular complexity index is 490. The molecule has 0 aliphatic heterocycles. The molecule has 1 N–H and O–H groups in total. The van der Waals surface area contributed by atoms with Gasteiger partial charge in [-0.2, -0.15) is 0 Å². The largest absolute Gasteiger partial charge is 0.311 e. The highest BCUT2D eigenvalue weighted by molar-refractivity contribution is 7.84. The van der Waals surface area contributed by atoms with Crippen molar-refractivity contribution in [1.82, 2.24) is 5.32 Å². The third-order valence-electron chi connectivity index (χ3n) is 2.59. The molecule has 18 heavy (non-hydrogen) atoms. The van der Waals surface area contributed by atoms with Crippen LogP contribution in [0, 0.1) is 0 Å². The van der Waals surface area contributed by atoms with Crippen LogP contribution in [0.2, 0.25) is 0 Å². The van der Waals surface area contributed by atoms with E-state index in [0.29, 0.717) is 0 Å². The van der Waals surface area contributed by atoms with Crippen molar-refractivity contribution in [2.24, 2.45) is 0 Å². The fourth-order valence-electron chi connectivity index (χ4n) is 1.59. The van der Waals surface area contributed by atoms with Gasteiger partial charge in [-0.05, 0) is 22.9 Å². The molecule has 2 aromatic rings. The Labute approximate surface area is 119 Å². The first kappa shape index (κ1) is 13.9. The second kappa shape index (κ2) is 7.19. The molecule has 2 aromatic heterocycles. The Morgan fingerprint density at radius 2 is 2.28 bits per heavy atom. The van der Waals surface area contributed by atoms with Crippen LogP contribution in [0.3, 0.4) is 0 Å². The minimum atomic E-state index is -0.661. The standard InChI is InChI=1S/C13H17NOS3/c1-2-18(15)7-5-14-9-12-8-11(10-17-12)13-4-3-6-16-13/h3-4,6,8,10,14H,2,5,7,9H2,1H3. The molecule has 0 saturated carbocycles. The van der Waals surface area contributed by atoms with Crippen LogP contribution in [-0.2, 0) is 17.3 Å². The molecule has 98 valence electrons. The minimum Gasteiger partial charge on any atom is -0.311 e. The average molecular weight is 299 g/mol. The van der Waals surface area contributed by atoms with Gasteiger partial charge in [-0.1, -0.05) is 13.0 Å². The quantitative estimate of drug-likeness (QED) is 0.795. The van der Waals surface area contributed by atoms with E-state index in [4.69, 9.17) is 0 Å². The predicted molar refractivity (Wildman–Crippen MR) is 82.9 cm³/mol. The zero-order valence-corrected chi connectivity index (χ0v) is 12.8. The summed E-state index contributed by atoms with van der Waals surface area (Å²) < 4.78 is 11.3. The zero-order chi connectivity index (χ0) is 12.8. The Kier molecular flexibility index (Phi) is 5.56. The highest BCUT2D eigenvalue weighted by Gasteiger charge is 2.03. The summed E-state index contributed by atoms with van der Waals surface area (Å²) in [5.74, 6) is 1.50. The summed E-state index contributed by atoms with van der Waals surface area (Å²) in [6, 6.07) is 6.46. The monoisotopic (exact) mass is 299 g/mol. The van der Waals surface area contributed by atoms with Gasteiger partial charge in [0.05, 0.1) is 0 Å². The van der Waals surface area contributed by atoms with Crippen LogP contribution in [0.25, 0.3) is 10.4 Å². The molecule has 0 amide bonds. The van der Waals surface area contributed by atoms with Crippen molar-refractivity contribution in [1.29, 1.82) is 0 Å². The molecule has 5 heteroatoms. The van der Waals surface area contributed by atoms with Gasteiger partial charge in [0.15, 0.2) is 0 Å². The minimum absolute atomic E-state index is 0.661. The smallest absolute Gasteiger partial charge is 0.0360 e. The number of nitrogens with one attached hydrogen (secondary N) is 1. The topological polar surface area (TPSA) is 29.1 Å². The SMILES string of the molecule is CCS(=O)CCNCc1cc(-c2cccs2)cs1. The van der Waals surface area contributed by atoms with Gasteiger partial charge in [0.25, 0.3) is 0 Å². The molecule has 0 aliphatic carbocycles. The third kappa shape index (κ3) is 4.02. The summed E-state index contributed by atoms with van der Waals surface area (Å²) in [6.07, 6.45) is 0. The van der Waals surface area contributed by atoms with Gasteiger partial charge in [-0.25, -0.2) is 0 Å². The summed E-state index contributed by atoms with van der Waals surface area (Å²) >= 11 is 3.55. The molecule has 2 heterocycles. The van der Waals surface area contributed by atoms with E-state index < -0.39 is 10.8 Å². The average Bonchev–Trinajstić information content (AvgIpc) is 3.04. The first-order chi connectivity index (χ1) is 8.79. The maximum atomic E-state index is 11.3. The normalized spacial score (nSPS) is 12.7. The Morgan fingerprint density at radius 1 is 1.39 bits per heavy atom. The lowest BCUT2D eigenvalue weighted by Crippen LogP contribution is -2.20. The lowest BCUT2D eigenvalue weighted by molar-refractivity contribution is 0.675. The van der Waals surface area contributed by atoms with Gasteiger partial charge in [0.1, 0.15) is 0 Å². The molecule has 0 radical (unpaired) electrons. The van der Waals surface area contributed by atoms with Crippen LogP contribution in [0.4, 0.5) is 0 Å². The Morgan fingerprint density at radius 3 is 3.00 bits per heavy atom. The van der Waals surface area contributed by atoms with E-state index in [1.54, 1.807) is 22.7 Å². The summed E-state index contributed by atoms with van der Waals surface area (Å²) in [5, 5.41) is 7.65. The Hall–Kier alpha value is -0.490. The maximum absolute atomic E-state index is 11.3.